The molecule has 1 aromatic heterocycles. The van der Waals surface area contributed by atoms with Gasteiger partial charge in [-0.25, -0.2) is 0 Å². The summed E-state index contributed by atoms with van der Waals surface area (Å²) in [5, 5.41) is 5.28. The lowest BCUT2D eigenvalue weighted by Crippen LogP contribution is -2.09. The maximum absolute atomic E-state index is 2.33. The zero-order chi connectivity index (χ0) is 31.9. The average molecular weight is 630 g/mol. The molecule has 0 saturated heterocycles. The Bertz CT molecular complexity index is 2510. The lowest BCUT2D eigenvalue weighted by molar-refractivity contribution is 1.28. The Morgan fingerprint density at radius 2 is 0.750 bits per heavy atom. The van der Waals surface area contributed by atoms with Crippen LogP contribution >= 0.6 is 11.3 Å². The first-order chi connectivity index (χ1) is 23.8. The highest BCUT2D eigenvalue weighted by molar-refractivity contribution is 7.26. The maximum Gasteiger partial charge on any atom is 0.0462 e. The van der Waals surface area contributed by atoms with Gasteiger partial charge < -0.3 is 4.90 Å². The van der Waals surface area contributed by atoms with E-state index in [9.17, 15) is 0 Å². The second-order valence-corrected chi connectivity index (χ2v) is 13.2. The van der Waals surface area contributed by atoms with E-state index in [4.69, 9.17) is 0 Å². The number of fused-ring (bicyclic) bond motifs is 5. The molecule has 0 fully saturated rings. The van der Waals surface area contributed by atoms with Gasteiger partial charge in [0, 0.05) is 42.6 Å². The van der Waals surface area contributed by atoms with E-state index in [1.165, 1.54) is 64.3 Å². The van der Waals surface area contributed by atoms with Gasteiger partial charge in [0.25, 0.3) is 0 Å². The topological polar surface area (TPSA) is 3.24 Å². The molecule has 0 unspecified atom stereocenters. The van der Waals surface area contributed by atoms with Crippen LogP contribution in [0.5, 0.6) is 0 Å². The number of anilines is 3. The molecule has 2 heteroatoms. The highest BCUT2D eigenvalue weighted by Gasteiger charge is 2.15. The summed E-state index contributed by atoms with van der Waals surface area (Å²) in [6.07, 6.45) is 0. The Hall–Kier alpha value is -5.96. The van der Waals surface area contributed by atoms with Crippen molar-refractivity contribution in [2.24, 2.45) is 0 Å². The summed E-state index contributed by atoms with van der Waals surface area (Å²) in [6, 6.07) is 67.9. The molecule has 1 heterocycles. The molecule has 0 amide bonds. The number of nitrogens with zero attached hydrogens (tertiary/aromatic N) is 1. The van der Waals surface area contributed by atoms with E-state index < -0.39 is 0 Å². The van der Waals surface area contributed by atoms with Crippen LogP contribution in [0.1, 0.15) is 0 Å². The van der Waals surface area contributed by atoms with Crippen molar-refractivity contribution in [3.63, 3.8) is 0 Å². The predicted octanol–water partition coefficient (Wildman–Crippen LogP) is 13.7. The molecule has 8 aromatic carbocycles. The van der Waals surface area contributed by atoms with Crippen molar-refractivity contribution in [3.8, 4) is 33.4 Å². The zero-order valence-corrected chi connectivity index (χ0v) is 27.1. The number of hydrogen-bond donors (Lipinski definition) is 0. The SMILES string of the molecule is c1ccc(-c2ccc(-c3ccc(N(c4ccccc4)c4ccc(-c5cccc6c5ccc5c7ccccc7sc65)cc4)cc3)cc2)cc1. The third-order valence-electron chi connectivity index (χ3n) is 9.30. The van der Waals surface area contributed by atoms with Gasteiger partial charge in [-0.15, -0.1) is 11.3 Å². The quantitative estimate of drug-likeness (QED) is 0.177. The van der Waals surface area contributed by atoms with Crippen LogP contribution in [0.3, 0.4) is 0 Å². The summed E-state index contributed by atoms with van der Waals surface area (Å²) >= 11 is 1.89. The lowest BCUT2D eigenvalue weighted by Gasteiger charge is -2.26. The molecular formula is C46H31NS. The summed E-state index contributed by atoms with van der Waals surface area (Å²) in [6.45, 7) is 0. The van der Waals surface area contributed by atoms with Crippen LogP contribution in [0.2, 0.25) is 0 Å². The van der Waals surface area contributed by atoms with E-state index in [0.717, 1.165) is 17.1 Å². The predicted molar refractivity (Wildman–Crippen MR) is 208 cm³/mol. The summed E-state index contributed by atoms with van der Waals surface area (Å²) in [4.78, 5) is 2.33. The third-order valence-corrected chi connectivity index (χ3v) is 10.5. The fourth-order valence-electron chi connectivity index (χ4n) is 6.90. The van der Waals surface area contributed by atoms with Crippen LogP contribution in [0.15, 0.2) is 188 Å². The lowest BCUT2D eigenvalue weighted by atomic mass is 9.96. The molecule has 48 heavy (non-hydrogen) atoms. The number of rotatable bonds is 6. The van der Waals surface area contributed by atoms with Gasteiger partial charge in [0.1, 0.15) is 0 Å². The Morgan fingerprint density at radius 3 is 1.42 bits per heavy atom. The first-order valence-corrected chi connectivity index (χ1v) is 17.2. The molecule has 0 aliphatic carbocycles. The fraction of sp³-hybridized carbons (Fsp3) is 0. The van der Waals surface area contributed by atoms with Crippen LogP contribution in [-0.4, -0.2) is 0 Å². The highest BCUT2D eigenvalue weighted by atomic mass is 32.1. The van der Waals surface area contributed by atoms with E-state index in [2.05, 4.69) is 193 Å². The number of thiophene rings is 1. The Balaban J connectivity index is 1.06. The Morgan fingerprint density at radius 1 is 0.292 bits per heavy atom. The molecule has 1 nitrogen and oxygen atoms in total. The van der Waals surface area contributed by atoms with Gasteiger partial charge in [0.2, 0.25) is 0 Å². The number of para-hydroxylation sites is 1. The van der Waals surface area contributed by atoms with Gasteiger partial charge in [0.05, 0.1) is 0 Å². The standard InChI is InChI=1S/C46H31NS/c1-3-10-32(11-4-1)33-18-20-34(21-19-33)35-22-26-38(27-23-35)47(37-12-5-2-6-13-37)39-28-24-36(25-29-39)40-15-9-16-43-41(40)30-31-44-42-14-7-8-17-45(42)48-46(43)44/h1-31H. The van der Waals surface area contributed by atoms with Crippen molar-refractivity contribution >= 4 is 59.3 Å². The molecule has 9 aromatic rings. The third kappa shape index (κ3) is 5.04. The average Bonchev–Trinajstić information content (AvgIpc) is 3.56. The second kappa shape index (κ2) is 12.0. The molecule has 0 spiro atoms. The molecule has 0 aliphatic heterocycles. The van der Waals surface area contributed by atoms with Gasteiger partial charge in [-0.05, 0) is 81.2 Å². The van der Waals surface area contributed by atoms with Gasteiger partial charge in [-0.3, -0.25) is 0 Å². The van der Waals surface area contributed by atoms with Crippen LogP contribution in [0, 0.1) is 0 Å². The number of benzene rings is 8. The van der Waals surface area contributed by atoms with E-state index in [-0.39, 0.29) is 0 Å². The molecule has 0 N–H and O–H groups in total. The van der Waals surface area contributed by atoms with Gasteiger partial charge >= 0.3 is 0 Å². The Labute approximate surface area is 284 Å². The molecule has 0 aliphatic rings. The van der Waals surface area contributed by atoms with Crippen LogP contribution in [0.4, 0.5) is 17.1 Å². The minimum Gasteiger partial charge on any atom is -0.311 e. The molecule has 9 rings (SSSR count). The second-order valence-electron chi connectivity index (χ2n) is 12.1. The van der Waals surface area contributed by atoms with Crippen molar-refractivity contribution in [2.45, 2.75) is 0 Å². The van der Waals surface area contributed by atoms with Crippen molar-refractivity contribution in [1.82, 2.24) is 0 Å². The largest absolute Gasteiger partial charge is 0.311 e. The molecule has 226 valence electrons. The van der Waals surface area contributed by atoms with Crippen molar-refractivity contribution in [2.75, 3.05) is 4.90 Å². The molecule has 0 bridgehead atoms. The van der Waals surface area contributed by atoms with Gasteiger partial charge in [-0.1, -0.05) is 146 Å². The van der Waals surface area contributed by atoms with Crippen LogP contribution in [-0.2, 0) is 0 Å². The van der Waals surface area contributed by atoms with E-state index in [0.29, 0.717) is 0 Å². The summed E-state index contributed by atoms with van der Waals surface area (Å²) < 4.78 is 2.70. The molecule has 0 atom stereocenters. The molecular weight excluding hydrogens is 599 g/mol. The van der Waals surface area contributed by atoms with Crippen molar-refractivity contribution in [3.05, 3.63) is 188 Å². The first kappa shape index (κ1) is 28.3. The van der Waals surface area contributed by atoms with Gasteiger partial charge in [0.15, 0.2) is 0 Å². The van der Waals surface area contributed by atoms with Crippen molar-refractivity contribution in [1.29, 1.82) is 0 Å². The monoisotopic (exact) mass is 629 g/mol. The van der Waals surface area contributed by atoms with E-state index in [1.54, 1.807) is 0 Å². The highest BCUT2D eigenvalue weighted by Crippen LogP contribution is 2.42. The van der Waals surface area contributed by atoms with Crippen LogP contribution < -0.4 is 4.90 Å². The smallest absolute Gasteiger partial charge is 0.0462 e. The number of hydrogen-bond acceptors (Lipinski definition) is 2. The Kier molecular flexibility index (Phi) is 7.07. The van der Waals surface area contributed by atoms with Crippen LogP contribution in [0.25, 0.3) is 64.3 Å². The van der Waals surface area contributed by atoms with Gasteiger partial charge in [-0.2, -0.15) is 0 Å². The first-order valence-electron chi connectivity index (χ1n) is 16.3. The summed E-state index contributed by atoms with van der Waals surface area (Å²) in [5.41, 5.74) is 10.7. The normalized spacial score (nSPS) is 11.3. The summed E-state index contributed by atoms with van der Waals surface area (Å²) in [7, 11) is 0. The fourth-order valence-corrected chi connectivity index (χ4v) is 8.13. The summed E-state index contributed by atoms with van der Waals surface area (Å²) in [5.74, 6) is 0. The zero-order valence-electron chi connectivity index (χ0n) is 26.3. The van der Waals surface area contributed by atoms with E-state index >= 15 is 0 Å². The van der Waals surface area contributed by atoms with Crippen molar-refractivity contribution < 1.29 is 0 Å². The molecule has 0 radical (unpaired) electrons. The maximum atomic E-state index is 2.33. The minimum absolute atomic E-state index is 1.12. The minimum atomic E-state index is 1.12. The van der Waals surface area contributed by atoms with E-state index in [1.807, 2.05) is 11.3 Å². The molecule has 0 saturated carbocycles.